The first-order valence-corrected chi connectivity index (χ1v) is 9.82. The number of nitrogens with zero attached hydrogens (tertiary/aromatic N) is 3. The lowest BCUT2D eigenvalue weighted by molar-refractivity contribution is -0.121. The summed E-state index contributed by atoms with van der Waals surface area (Å²) in [6.07, 6.45) is 1.22. The lowest BCUT2D eigenvalue weighted by atomic mass is 10.2. The summed E-state index contributed by atoms with van der Waals surface area (Å²) in [6, 6.07) is 4.78. The number of thioether (sulfide) groups is 1. The van der Waals surface area contributed by atoms with E-state index in [2.05, 4.69) is 9.97 Å². The van der Waals surface area contributed by atoms with Crippen LogP contribution in [0.5, 0.6) is 11.5 Å². The number of hydrogen-bond donors (Lipinski definition) is 1. The Hall–Kier alpha value is -3.34. The monoisotopic (exact) mass is 432 g/mol. The van der Waals surface area contributed by atoms with E-state index >= 15 is 0 Å². The predicted octanol–water partition coefficient (Wildman–Crippen LogP) is 1.68. The van der Waals surface area contributed by atoms with Gasteiger partial charge in [-0.2, -0.15) is 0 Å². The standard InChI is InChI=1S/C19H20N4O6S/c1-4-29-18(26)11-9-21-19(22-16(11)20)30-14-8-15(24)23(17(14)25)10-5-6-12(27-2)13(7-10)28-3/h5-7,9,14H,4,8H2,1-3H3,(H2,20,21,22)/t14-/m0/s1. The number of nitrogens with two attached hydrogens (primary N) is 1. The number of methoxy groups -OCH3 is 2. The summed E-state index contributed by atoms with van der Waals surface area (Å²) in [6.45, 7) is 1.87. The average Bonchev–Trinajstić information content (AvgIpc) is 3.00. The van der Waals surface area contributed by atoms with E-state index in [1.165, 1.54) is 20.4 Å². The molecule has 1 aromatic carbocycles. The van der Waals surface area contributed by atoms with Crippen molar-refractivity contribution >= 4 is 41.1 Å². The molecular formula is C19H20N4O6S. The molecule has 0 spiro atoms. The molecule has 1 fully saturated rings. The quantitative estimate of drug-likeness (QED) is 0.391. The Morgan fingerprint density at radius 1 is 1.27 bits per heavy atom. The highest BCUT2D eigenvalue weighted by Gasteiger charge is 2.41. The second kappa shape index (κ2) is 8.99. The molecule has 11 heteroatoms. The molecular weight excluding hydrogens is 412 g/mol. The maximum Gasteiger partial charge on any atom is 0.343 e. The fraction of sp³-hybridized carbons (Fsp3) is 0.316. The lowest BCUT2D eigenvalue weighted by Gasteiger charge is -2.17. The van der Waals surface area contributed by atoms with E-state index in [0.717, 1.165) is 16.7 Å². The fourth-order valence-electron chi connectivity index (χ4n) is 2.86. The molecule has 30 heavy (non-hydrogen) atoms. The number of anilines is 2. The summed E-state index contributed by atoms with van der Waals surface area (Å²) in [5.74, 6) is -0.568. The summed E-state index contributed by atoms with van der Waals surface area (Å²) >= 11 is 1.00. The van der Waals surface area contributed by atoms with Crippen molar-refractivity contribution in [2.45, 2.75) is 23.8 Å². The van der Waals surface area contributed by atoms with Crippen LogP contribution in [-0.4, -0.2) is 53.8 Å². The number of hydrogen-bond acceptors (Lipinski definition) is 10. The summed E-state index contributed by atoms with van der Waals surface area (Å²) in [5, 5.41) is -0.542. The molecule has 2 amide bonds. The van der Waals surface area contributed by atoms with E-state index in [4.69, 9.17) is 19.9 Å². The number of aromatic nitrogens is 2. The molecule has 1 atom stereocenters. The van der Waals surface area contributed by atoms with Crippen LogP contribution in [0.3, 0.4) is 0 Å². The van der Waals surface area contributed by atoms with Crippen LogP contribution >= 0.6 is 11.8 Å². The second-order valence-corrected chi connectivity index (χ2v) is 7.26. The van der Waals surface area contributed by atoms with Crippen LogP contribution in [-0.2, 0) is 14.3 Å². The summed E-state index contributed by atoms with van der Waals surface area (Å²) in [5.41, 5.74) is 6.24. The van der Waals surface area contributed by atoms with E-state index < -0.39 is 17.1 Å². The maximum absolute atomic E-state index is 12.9. The first-order chi connectivity index (χ1) is 14.4. The molecule has 3 rings (SSSR count). The number of amides is 2. The minimum Gasteiger partial charge on any atom is -0.493 e. The number of benzene rings is 1. The van der Waals surface area contributed by atoms with Crippen LogP contribution in [0.1, 0.15) is 23.7 Å². The number of carbonyl (C=O) groups is 3. The predicted molar refractivity (Wildman–Crippen MR) is 109 cm³/mol. The van der Waals surface area contributed by atoms with E-state index in [1.54, 1.807) is 25.1 Å². The summed E-state index contributed by atoms with van der Waals surface area (Å²) < 4.78 is 15.3. The molecule has 0 unspecified atom stereocenters. The number of rotatable bonds is 7. The van der Waals surface area contributed by atoms with E-state index in [0.29, 0.717) is 17.2 Å². The lowest BCUT2D eigenvalue weighted by Crippen LogP contribution is -2.31. The van der Waals surface area contributed by atoms with Crippen molar-refractivity contribution in [3.63, 3.8) is 0 Å². The largest absolute Gasteiger partial charge is 0.493 e. The minimum atomic E-state index is -0.724. The Labute approximate surface area is 176 Å². The van der Waals surface area contributed by atoms with Crippen LogP contribution in [0, 0.1) is 0 Å². The van der Waals surface area contributed by atoms with Crippen LogP contribution in [0.15, 0.2) is 29.6 Å². The van der Waals surface area contributed by atoms with Crippen molar-refractivity contribution in [3.05, 3.63) is 30.0 Å². The van der Waals surface area contributed by atoms with Gasteiger partial charge in [0.15, 0.2) is 16.7 Å². The molecule has 1 saturated heterocycles. The number of carbonyl (C=O) groups excluding carboxylic acids is 3. The van der Waals surface area contributed by atoms with Crippen molar-refractivity contribution < 1.29 is 28.6 Å². The first kappa shape index (κ1) is 21.4. The summed E-state index contributed by atoms with van der Waals surface area (Å²) in [7, 11) is 2.96. The Bertz CT molecular complexity index is 999. The zero-order chi connectivity index (χ0) is 21.8. The van der Waals surface area contributed by atoms with Gasteiger partial charge in [-0.15, -0.1) is 0 Å². The van der Waals surface area contributed by atoms with Gasteiger partial charge in [-0.25, -0.2) is 19.7 Å². The molecule has 0 radical (unpaired) electrons. The SMILES string of the molecule is CCOC(=O)c1cnc(S[C@H]2CC(=O)N(c3ccc(OC)c(OC)c3)C2=O)nc1N. The van der Waals surface area contributed by atoms with Crippen LogP contribution in [0.2, 0.25) is 0 Å². The molecule has 1 aliphatic heterocycles. The Morgan fingerprint density at radius 3 is 2.63 bits per heavy atom. The molecule has 1 aromatic heterocycles. The van der Waals surface area contributed by atoms with Crippen molar-refractivity contribution in [2.24, 2.45) is 0 Å². The van der Waals surface area contributed by atoms with Gasteiger partial charge in [0.05, 0.1) is 26.5 Å². The summed E-state index contributed by atoms with van der Waals surface area (Å²) in [4.78, 5) is 46.4. The normalized spacial score (nSPS) is 16.0. The zero-order valence-corrected chi connectivity index (χ0v) is 17.4. The number of nitrogen functional groups attached to an aromatic ring is 1. The highest BCUT2D eigenvalue weighted by molar-refractivity contribution is 8.00. The van der Waals surface area contributed by atoms with Gasteiger partial charge in [0.25, 0.3) is 0 Å². The van der Waals surface area contributed by atoms with Crippen LogP contribution in [0.4, 0.5) is 11.5 Å². The van der Waals surface area contributed by atoms with Gasteiger partial charge in [-0.3, -0.25) is 9.59 Å². The van der Waals surface area contributed by atoms with Crippen molar-refractivity contribution in [3.8, 4) is 11.5 Å². The van der Waals surface area contributed by atoms with Gasteiger partial charge >= 0.3 is 5.97 Å². The molecule has 2 aromatic rings. The van der Waals surface area contributed by atoms with Gasteiger partial charge in [0, 0.05) is 18.7 Å². The van der Waals surface area contributed by atoms with Gasteiger partial charge in [0.2, 0.25) is 11.8 Å². The van der Waals surface area contributed by atoms with Gasteiger partial charge in [0.1, 0.15) is 16.6 Å². The minimum absolute atomic E-state index is 0.0270. The number of imide groups is 1. The third-order valence-corrected chi connectivity index (χ3v) is 5.33. The number of ether oxygens (including phenoxy) is 3. The first-order valence-electron chi connectivity index (χ1n) is 8.94. The maximum atomic E-state index is 12.9. The Morgan fingerprint density at radius 2 is 2.00 bits per heavy atom. The molecule has 0 bridgehead atoms. The Balaban J connectivity index is 1.78. The fourth-order valence-corrected chi connectivity index (χ4v) is 3.81. The van der Waals surface area contributed by atoms with Crippen molar-refractivity contribution in [1.29, 1.82) is 0 Å². The van der Waals surface area contributed by atoms with Crippen molar-refractivity contribution in [2.75, 3.05) is 31.5 Å². The van der Waals surface area contributed by atoms with E-state index in [1.807, 2.05) is 0 Å². The third-order valence-electron chi connectivity index (χ3n) is 4.27. The molecule has 2 heterocycles. The van der Waals surface area contributed by atoms with E-state index in [-0.39, 0.29) is 35.5 Å². The van der Waals surface area contributed by atoms with Gasteiger partial charge in [-0.05, 0) is 19.1 Å². The Kier molecular flexibility index (Phi) is 6.40. The van der Waals surface area contributed by atoms with Crippen LogP contribution < -0.4 is 20.1 Å². The smallest absolute Gasteiger partial charge is 0.343 e. The molecule has 158 valence electrons. The number of esters is 1. The second-order valence-electron chi connectivity index (χ2n) is 6.09. The average molecular weight is 432 g/mol. The highest BCUT2D eigenvalue weighted by atomic mass is 32.2. The molecule has 2 N–H and O–H groups in total. The van der Waals surface area contributed by atoms with Crippen molar-refractivity contribution in [1.82, 2.24) is 9.97 Å². The van der Waals surface area contributed by atoms with Gasteiger partial charge < -0.3 is 19.9 Å². The third kappa shape index (κ3) is 4.15. The van der Waals surface area contributed by atoms with E-state index in [9.17, 15) is 14.4 Å². The molecule has 10 nitrogen and oxygen atoms in total. The van der Waals surface area contributed by atoms with Crippen LogP contribution in [0.25, 0.3) is 0 Å². The molecule has 1 aliphatic rings. The highest BCUT2D eigenvalue weighted by Crippen LogP contribution is 2.36. The topological polar surface area (TPSA) is 134 Å². The zero-order valence-electron chi connectivity index (χ0n) is 16.6. The van der Waals surface area contributed by atoms with Gasteiger partial charge in [-0.1, -0.05) is 11.8 Å². The molecule has 0 aliphatic carbocycles. The molecule has 0 saturated carbocycles.